The Morgan fingerprint density at radius 2 is 1.55 bits per heavy atom. The van der Waals surface area contributed by atoms with Gasteiger partial charge in [0.1, 0.15) is 6.61 Å². The third-order valence-corrected chi connectivity index (χ3v) is 8.08. The smallest absolute Gasteiger partial charge is 0.272 e. The highest BCUT2D eigenvalue weighted by Crippen LogP contribution is 2.33. The van der Waals surface area contributed by atoms with E-state index in [1.807, 2.05) is 6.20 Å². The molecule has 2 aliphatic rings. The highest BCUT2D eigenvalue weighted by Gasteiger charge is 2.23. The first-order valence-electron chi connectivity index (χ1n) is 12.7. The van der Waals surface area contributed by atoms with Crippen LogP contribution in [0.2, 0.25) is 0 Å². The zero-order valence-corrected chi connectivity index (χ0v) is 24.3. The van der Waals surface area contributed by atoms with Crippen LogP contribution >= 0.6 is 31.9 Å². The molecule has 8 nitrogen and oxygen atoms in total. The molecule has 2 aliphatic heterocycles. The molecule has 216 valence electrons. The molecule has 0 aliphatic carbocycles. The molecule has 0 unspecified atom stereocenters. The predicted octanol–water partition coefficient (Wildman–Crippen LogP) is 6.20. The molecular formula is C26H26Br2F4N4O4. The molecule has 2 fully saturated rings. The highest BCUT2D eigenvalue weighted by atomic mass is 79.9. The molecule has 0 spiro atoms. The average molecular weight is 694 g/mol. The van der Waals surface area contributed by atoms with Crippen molar-refractivity contribution < 1.29 is 31.8 Å². The topological polar surface area (TPSA) is 82.3 Å². The quantitative estimate of drug-likeness (QED) is 0.252. The Balaban J connectivity index is 0.000000164. The molecule has 0 saturated carbocycles. The Labute approximate surface area is 242 Å². The summed E-state index contributed by atoms with van der Waals surface area (Å²) < 4.78 is 71.9. The van der Waals surface area contributed by atoms with Crippen molar-refractivity contribution in [2.75, 3.05) is 33.0 Å². The van der Waals surface area contributed by atoms with Gasteiger partial charge in [-0.05, 0) is 57.5 Å². The molecule has 6 rings (SSSR count). The van der Waals surface area contributed by atoms with Crippen molar-refractivity contribution in [3.63, 3.8) is 0 Å². The summed E-state index contributed by atoms with van der Waals surface area (Å²) in [6.07, 6.45) is 7.59. The lowest BCUT2D eigenvalue weighted by Crippen LogP contribution is -2.14. The fourth-order valence-corrected chi connectivity index (χ4v) is 5.76. The second-order valence-corrected chi connectivity index (χ2v) is 11.3. The van der Waals surface area contributed by atoms with Crippen molar-refractivity contribution in [3.05, 3.63) is 67.0 Å². The van der Waals surface area contributed by atoms with Gasteiger partial charge in [0.25, 0.3) is 6.43 Å². The summed E-state index contributed by atoms with van der Waals surface area (Å²) in [4.78, 5) is 18.8. The molecule has 0 atom stereocenters. The van der Waals surface area contributed by atoms with E-state index in [4.69, 9.17) is 14.2 Å². The SMILES string of the molecule is Fc1c(OCC(F)F)c(Br)cn2cc(C3CCOCC3)nc12.O=c1c(Br)cn2cc(C3CCOCC3)[nH]c2c1F. The van der Waals surface area contributed by atoms with Crippen LogP contribution in [0.1, 0.15) is 48.9 Å². The summed E-state index contributed by atoms with van der Waals surface area (Å²) in [5.74, 6) is -1.17. The Kier molecular flexibility index (Phi) is 9.18. The summed E-state index contributed by atoms with van der Waals surface area (Å²) in [5.41, 5.74) is 1.42. The maximum atomic E-state index is 14.5. The molecular weight excluding hydrogens is 668 g/mol. The number of imidazole rings is 2. The second kappa shape index (κ2) is 12.6. The fourth-order valence-electron chi connectivity index (χ4n) is 4.86. The van der Waals surface area contributed by atoms with Crippen LogP contribution in [0.25, 0.3) is 11.3 Å². The van der Waals surface area contributed by atoms with E-state index in [0.29, 0.717) is 19.1 Å². The van der Waals surface area contributed by atoms with Gasteiger partial charge in [0.05, 0.1) is 14.6 Å². The predicted molar refractivity (Wildman–Crippen MR) is 146 cm³/mol. The number of hydrogen-bond donors (Lipinski definition) is 1. The summed E-state index contributed by atoms with van der Waals surface area (Å²) in [7, 11) is 0. The minimum Gasteiger partial charge on any atom is -0.483 e. The summed E-state index contributed by atoms with van der Waals surface area (Å²) in [6, 6.07) is 0. The molecule has 40 heavy (non-hydrogen) atoms. The number of H-pyrrole nitrogens is 1. The Morgan fingerprint density at radius 1 is 0.925 bits per heavy atom. The van der Waals surface area contributed by atoms with E-state index in [1.165, 1.54) is 0 Å². The van der Waals surface area contributed by atoms with Gasteiger partial charge in [-0.3, -0.25) is 4.79 Å². The third-order valence-electron chi connectivity index (χ3n) is 6.95. The van der Waals surface area contributed by atoms with Gasteiger partial charge < -0.3 is 28.0 Å². The average Bonchev–Trinajstić information content (AvgIpc) is 3.58. The van der Waals surface area contributed by atoms with Gasteiger partial charge in [0.15, 0.2) is 17.0 Å². The number of nitrogens with one attached hydrogen (secondary N) is 1. The van der Waals surface area contributed by atoms with Gasteiger partial charge >= 0.3 is 0 Å². The highest BCUT2D eigenvalue weighted by molar-refractivity contribution is 9.10. The van der Waals surface area contributed by atoms with Crippen LogP contribution in [0.5, 0.6) is 5.75 Å². The molecule has 0 aromatic carbocycles. The Bertz CT molecular complexity index is 1550. The van der Waals surface area contributed by atoms with Gasteiger partial charge in [-0.15, -0.1) is 0 Å². The van der Waals surface area contributed by atoms with Gasteiger partial charge in [-0.25, -0.2) is 13.8 Å². The number of nitrogens with zero attached hydrogens (tertiary/aromatic N) is 3. The number of aromatic nitrogens is 4. The largest absolute Gasteiger partial charge is 0.483 e. The maximum absolute atomic E-state index is 14.5. The van der Waals surface area contributed by atoms with Crippen LogP contribution < -0.4 is 10.2 Å². The fraction of sp³-hybridized carbons (Fsp3) is 0.462. The van der Waals surface area contributed by atoms with Gasteiger partial charge in [0.2, 0.25) is 17.1 Å². The normalized spacial score (nSPS) is 17.0. The summed E-state index contributed by atoms with van der Waals surface area (Å²) in [6.45, 7) is 1.91. The van der Waals surface area contributed by atoms with Crippen molar-refractivity contribution in [2.45, 2.75) is 43.9 Å². The van der Waals surface area contributed by atoms with Crippen LogP contribution in [-0.2, 0) is 9.47 Å². The Morgan fingerprint density at radius 3 is 2.20 bits per heavy atom. The third kappa shape index (κ3) is 6.24. The molecule has 0 bridgehead atoms. The van der Waals surface area contributed by atoms with Crippen LogP contribution in [0.3, 0.4) is 0 Å². The molecule has 4 aromatic rings. The molecule has 0 amide bonds. The van der Waals surface area contributed by atoms with Crippen LogP contribution in [0, 0.1) is 11.6 Å². The monoisotopic (exact) mass is 692 g/mol. The number of rotatable bonds is 5. The molecule has 14 heteroatoms. The molecule has 0 radical (unpaired) electrons. The van der Waals surface area contributed by atoms with E-state index in [2.05, 4.69) is 41.8 Å². The number of fused-ring (bicyclic) bond motifs is 2. The van der Waals surface area contributed by atoms with Crippen molar-refractivity contribution in [1.82, 2.24) is 18.8 Å². The second-order valence-electron chi connectivity index (χ2n) is 9.58. The zero-order valence-electron chi connectivity index (χ0n) is 21.1. The number of hydrogen-bond acceptors (Lipinski definition) is 5. The number of ether oxygens (including phenoxy) is 3. The van der Waals surface area contributed by atoms with Gasteiger partial charge in [-0.1, -0.05) is 0 Å². The van der Waals surface area contributed by atoms with E-state index >= 15 is 0 Å². The van der Waals surface area contributed by atoms with Crippen molar-refractivity contribution in [1.29, 1.82) is 0 Å². The van der Waals surface area contributed by atoms with Crippen LogP contribution in [0.4, 0.5) is 17.6 Å². The van der Waals surface area contributed by atoms with Crippen molar-refractivity contribution in [2.24, 2.45) is 0 Å². The number of aromatic amines is 1. The summed E-state index contributed by atoms with van der Waals surface area (Å²) in [5, 5.41) is 0. The Hall–Kier alpha value is -2.42. The van der Waals surface area contributed by atoms with Crippen molar-refractivity contribution >= 4 is 43.2 Å². The van der Waals surface area contributed by atoms with E-state index in [0.717, 1.165) is 50.3 Å². The van der Waals surface area contributed by atoms with E-state index in [9.17, 15) is 22.4 Å². The van der Waals surface area contributed by atoms with Crippen LogP contribution in [-0.4, -0.2) is 58.2 Å². The molecule has 6 heterocycles. The number of alkyl halides is 2. The number of halogens is 6. The lowest BCUT2D eigenvalue weighted by molar-refractivity contribution is 0.0795. The first-order chi connectivity index (χ1) is 19.2. The summed E-state index contributed by atoms with van der Waals surface area (Å²) >= 11 is 6.21. The standard InChI is InChI=1S/C14H14BrF3N2O2.C12H12BrFN2O2/c15-9-5-20-6-10(8-1-3-21-4-2-8)19-14(20)12(18)13(9)22-7-11(16)17;13-8-5-16-6-9(7-1-3-18-4-2-7)15-12(16)10(14)11(8)17/h5-6,8,11H,1-4,7H2;5-7,15H,1-4H2. The van der Waals surface area contributed by atoms with Gasteiger partial charge in [-0.2, -0.15) is 8.78 Å². The number of pyridine rings is 2. The lowest BCUT2D eigenvalue weighted by atomic mass is 9.97. The lowest BCUT2D eigenvalue weighted by Gasteiger charge is -2.20. The zero-order chi connectivity index (χ0) is 28.4. The molecule has 4 aromatic heterocycles. The minimum atomic E-state index is -2.67. The minimum absolute atomic E-state index is 0.0777. The first kappa shape index (κ1) is 29.1. The van der Waals surface area contributed by atoms with E-state index < -0.39 is 30.1 Å². The van der Waals surface area contributed by atoms with Crippen molar-refractivity contribution in [3.8, 4) is 5.75 Å². The van der Waals surface area contributed by atoms with Gasteiger partial charge in [0, 0.05) is 68.7 Å². The maximum Gasteiger partial charge on any atom is 0.272 e. The van der Waals surface area contributed by atoms with E-state index in [1.54, 1.807) is 27.4 Å². The van der Waals surface area contributed by atoms with E-state index in [-0.39, 0.29) is 31.9 Å². The first-order valence-corrected chi connectivity index (χ1v) is 14.3. The van der Waals surface area contributed by atoms with Crippen LogP contribution in [0.15, 0.2) is 38.5 Å². The molecule has 1 N–H and O–H groups in total. The molecule has 2 saturated heterocycles.